The molecule has 142 valence electrons. The summed E-state index contributed by atoms with van der Waals surface area (Å²) in [6.45, 7) is 0.914. The number of aromatic amines is 1. The van der Waals surface area contributed by atoms with Gasteiger partial charge in [0.1, 0.15) is 17.8 Å². The predicted octanol–water partition coefficient (Wildman–Crippen LogP) is 1.35. The van der Waals surface area contributed by atoms with Gasteiger partial charge in [-0.3, -0.25) is 0 Å². The van der Waals surface area contributed by atoms with Crippen LogP contribution in [0.15, 0.2) is 18.6 Å². The topological polar surface area (TPSA) is 106 Å². The van der Waals surface area contributed by atoms with E-state index in [1.54, 1.807) is 10.6 Å². The summed E-state index contributed by atoms with van der Waals surface area (Å²) in [5, 5.41) is 10.2. The molecule has 2 aromatic heterocycles. The SMILES string of the molecule is CN(c1ncnc2[nH]ccc12)[C@H]1C[C@@H](CS(=O)(=O)N2C[C@@H]3C[C@]3(C#N)C2)C1. The lowest BCUT2D eigenvalue weighted by Crippen LogP contribution is -2.47. The summed E-state index contributed by atoms with van der Waals surface area (Å²) in [7, 11) is -1.27. The third-order valence-electron chi connectivity index (χ3n) is 6.60. The first kappa shape index (κ1) is 17.0. The smallest absolute Gasteiger partial charge is 0.214 e. The molecule has 0 aromatic carbocycles. The highest BCUT2D eigenvalue weighted by atomic mass is 32.2. The summed E-state index contributed by atoms with van der Waals surface area (Å²) >= 11 is 0. The van der Waals surface area contributed by atoms with Crippen LogP contribution in [-0.4, -0.2) is 59.6 Å². The average Bonchev–Trinajstić information content (AvgIpc) is 2.98. The van der Waals surface area contributed by atoms with E-state index in [0.29, 0.717) is 13.1 Å². The van der Waals surface area contributed by atoms with Crippen molar-refractivity contribution in [1.29, 1.82) is 5.26 Å². The number of fused-ring (bicyclic) bond motifs is 2. The van der Waals surface area contributed by atoms with E-state index in [1.165, 1.54) is 0 Å². The quantitative estimate of drug-likeness (QED) is 0.831. The molecule has 2 atom stereocenters. The molecule has 0 spiro atoms. The standard InChI is InChI=1S/C18H22N6O2S/c1-23(17-15-2-3-20-16(15)21-11-22-17)14-4-12(5-14)8-27(25,26)24-7-13-6-18(13,9-19)10-24/h2-3,11-14H,4-8,10H2,1H3,(H,20,21,22)/t12-,13-,14+,18-/m0/s1. The van der Waals surface area contributed by atoms with Gasteiger partial charge >= 0.3 is 0 Å². The normalized spacial score (nSPS) is 32.7. The molecule has 0 unspecified atom stereocenters. The lowest BCUT2D eigenvalue weighted by molar-refractivity contribution is 0.278. The van der Waals surface area contributed by atoms with Crippen molar-refractivity contribution in [3.63, 3.8) is 0 Å². The minimum absolute atomic E-state index is 0.168. The van der Waals surface area contributed by atoms with Crippen molar-refractivity contribution < 1.29 is 8.42 Å². The Balaban J connectivity index is 1.21. The number of hydrogen-bond donors (Lipinski definition) is 1. The number of hydrogen-bond acceptors (Lipinski definition) is 6. The van der Waals surface area contributed by atoms with Crippen molar-refractivity contribution in [3.05, 3.63) is 18.6 Å². The average molecular weight is 386 g/mol. The molecular weight excluding hydrogens is 364 g/mol. The molecule has 2 aliphatic carbocycles. The maximum Gasteiger partial charge on any atom is 0.214 e. The van der Waals surface area contributed by atoms with Gasteiger partial charge in [0.25, 0.3) is 0 Å². The van der Waals surface area contributed by atoms with Gasteiger partial charge in [0.2, 0.25) is 10.0 Å². The molecule has 1 N–H and O–H groups in total. The van der Waals surface area contributed by atoms with E-state index in [2.05, 4.69) is 25.9 Å². The number of rotatable bonds is 5. The van der Waals surface area contributed by atoms with Crippen LogP contribution in [0, 0.1) is 28.6 Å². The first-order valence-electron chi connectivity index (χ1n) is 9.32. The molecule has 2 aromatic rings. The first-order valence-corrected chi connectivity index (χ1v) is 10.9. The third kappa shape index (κ3) is 2.62. The highest BCUT2D eigenvalue weighted by Crippen LogP contribution is 2.57. The lowest BCUT2D eigenvalue weighted by Gasteiger charge is -2.42. The van der Waals surface area contributed by atoms with Gasteiger partial charge in [0.15, 0.2) is 0 Å². The minimum Gasteiger partial charge on any atom is -0.356 e. The van der Waals surface area contributed by atoms with E-state index in [9.17, 15) is 13.7 Å². The van der Waals surface area contributed by atoms with Crippen LogP contribution in [-0.2, 0) is 10.0 Å². The number of nitrogens with one attached hydrogen (secondary N) is 1. The fourth-order valence-corrected chi connectivity index (χ4v) is 6.60. The first-order chi connectivity index (χ1) is 12.9. The summed E-state index contributed by atoms with van der Waals surface area (Å²) in [6.07, 6.45) is 5.94. The third-order valence-corrected chi connectivity index (χ3v) is 8.56. The Kier molecular flexibility index (Phi) is 3.55. The van der Waals surface area contributed by atoms with Crippen LogP contribution in [0.1, 0.15) is 19.3 Å². The zero-order valence-electron chi connectivity index (χ0n) is 15.2. The summed E-state index contributed by atoms with van der Waals surface area (Å²) in [4.78, 5) is 13.9. The molecule has 0 bridgehead atoms. The molecule has 3 aliphatic rings. The highest BCUT2D eigenvalue weighted by Gasteiger charge is 2.62. The zero-order chi connectivity index (χ0) is 18.8. The predicted molar refractivity (Wildman–Crippen MR) is 100 cm³/mol. The van der Waals surface area contributed by atoms with Crippen molar-refractivity contribution >= 4 is 26.9 Å². The van der Waals surface area contributed by atoms with Crippen LogP contribution >= 0.6 is 0 Å². The molecule has 5 rings (SSSR count). The van der Waals surface area contributed by atoms with Crippen molar-refractivity contribution in [1.82, 2.24) is 19.3 Å². The molecule has 3 fully saturated rings. The number of anilines is 1. The maximum atomic E-state index is 12.7. The summed E-state index contributed by atoms with van der Waals surface area (Å²) < 4.78 is 27.0. The molecule has 2 saturated carbocycles. The fourth-order valence-electron chi connectivity index (χ4n) is 4.69. The largest absolute Gasteiger partial charge is 0.356 e. The molecular formula is C18H22N6O2S. The Morgan fingerprint density at radius 3 is 3.00 bits per heavy atom. The van der Waals surface area contributed by atoms with E-state index in [4.69, 9.17) is 0 Å². The molecule has 3 heterocycles. The van der Waals surface area contributed by atoms with Gasteiger partial charge in [0.05, 0.1) is 22.6 Å². The number of nitriles is 1. The van der Waals surface area contributed by atoms with Crippen molar-refractivity contribution in [2.75, 3.05) is 30.8 Å². The van der Waals surface area contributed by atoms with Crippen LogP contribution in [0.4, 0.5) is 5.82 Å². The summed E-state index contributed by atoms with van der Waals surface area (Å²) in [6, 6.07) is 4.57. The van der Waals surface area contributed by atoms with Crippen molar-refractivity contribution in [2.24, 2.45) is 17.3 Å². The zero-order valence-corrected chi connectivity index (χ0v) is 16.0. The molecule has 1 aliphatic heterocycles. The molecule has 9 heteroatoms. The second-order valence-electron chi connectivity index (χ2n) is 8.28. The van der Waals surface area contributed by atoms with Gasteiger partial charge in [0, 0.05) is 32.4 Å². The van der Waals surface area contributed by atoms with Crippen molar-refractivity contribution in [3.8, 4) is 6.07 Å². The number of piperidine rings is 1. The molecule has 1 saturated heterocycles. The van der Waals surface area contributed by atoms with Crippen LogP contribution in [0.2, 0.25) is 0 Å². The Hall–Kier alpha value is -2.18. The van der Waals surface area contributed by atoms with Gasteiger partial charge in [-0.05, 0) is 37.2 Å². The molecule has 0 radical (unpaired) electrons. The molecule has 8 nitrogen and oxygen atoms in total. The Bertz CT molecular complexity index is 1040. The van der Waals surface area contributed by atoms with Gasteiger partial charge < -0.3 is 9.88 Å². The number of aromatic nitrogens is 3. The Labute approximate surface area is 158 Å². The number of H-pyrrole nitrogens is 1. The minimum atomic E-state index is -3.28. The number of sulfonamides is 1. The van der Waals surface area contributed by atoms with E-state index in [1.807, 2.05) is 19.3 Å². The summed E-state index contributed by atoms with van der Waals surface area (Å²) in [5.74, 6) is 1.48. The van der Waals surface area contributed by atoms with E-state index in [-0.39, 0.29) is 29.0 Å². The maximum absolute atomic E-state index is 12.7. The highest BCUT2D eigenvalue weighted by molar-refractivity contribution is 7.89. The molecule has 27 heavy (non-hydrogen) atoms. The van der Waals surface area contributed by atoms with Gasteiger partial charge in [-0.2, -0.15) is 9.57 Å². The van der Waals surface area contributed by atoms with Gasteiger partial charge in [-0.25, -0.2) is 18.4 Å². The van der Waals surface area contributed by atoms with Gasteiger partial charge in [-0.1, -0.05) is 0 Å². The number of nitrogens with zero attached hydrogens (tertiary/aromatic N) is 5. The Morgan fingerprint density at radius 1 is 1.44 bits per heavy atom. The van der Waals surface area contributed by atoms with Crippen LogP contribution < -0.4 is 4.90 Å². The second-order valence-corrected chi connectivity index (χ2v) is 10.3. The summed E-state index contributed by atoms with van der Waals surface area (Å²) in [5.41, 5.74) is 0.425. The monoisotopic (exact) mass is 386 g/mol. The van der Waals surface area contributed by atoms with E-state index >= 15 is 0 Å². The lowest BCUT2D eigenvalue weighted by atomic mass is 9.81. The van der Waals surface area contributed by atoms with Crippen LogP contribution in [0.5, 0.6) is 0 Å². The Morgan fingerprint density at radius 2 is 2.26 bits per heavy atom. The van der Waals surface area contributed by atoms with Gasteiger partial charge in [-0.15, -0.1) is 0 Å². The van der Waals surface area contributed by atoms with Crippen LogP contribution in [0.3, 0.4) is 0 Å². The van der Waals surface area contributed by atoms with E-state index in [0.717, 1.165) is 36.1 Å². The fraction of sp³-hybridized carbons (Fsp3) is 0.611. The molecule has 0 amide bonds. The second kappa shape index (κ2) is 5.66. The van der Waals surface area contributed by atoms with E-state index < -0.39 is 10.0 Å². The van der Waals surface area contributed by atoms with Crippen LogP contribution in [0.25, 0.3) is 11.0 Å². The van der Waals surface area contributed by atoms with Crippen molar-refractivity contribution in [2.45, 2.75) is 25.3 Å².